The Bertz CT molecular complexity index is 276. The molecule has 0 aromatic carbocycles. The third-order valence-corrected chi connectivity index (χ3v) is 2.44. The fourth-order valence-corrected chi connectivity index (χ4v) is 1.34. The fourth-order valence-electron chi connectivity index (χ4n) is 1.34. The lowest BCUT2D eigenvalue weighted by atomic mass is 10.4. The Kier molecular flexibility index (Phi) is 2.77. The molecule has 15 heavy (non-hydrogen) atoms. The Morgan fingerprint density at radius 1 is 1.47 bits per heavy atom. The minimum Gasteiger partial charge on any atom is -0.432 e. The van der Waals surface area contributed by atoms with Crippen LogP contribution in [0.3, 0.4) is 0 Å². The topological polar surface area (TPSA) is 76.1 Å². The molecule has 0 radical (unpaired) electrons. The van der Waals surface area contributed by atoms with Gasteiger partial charge in [-0.1, -0.05) is 0 Å². The van der Waals surface area contributed by atoms with Crippen molar-refractivity contribution in [3.63, 3.8) is 0 Å². The number of aliphatic hydroxyl groups is 1. The van der Waals surface area contributed by atoms with Gasteiger partial charge in [-0.25, -0.2) is 4.79 Å². The molecular weight excluding hydrogens is 202 g/mol. The third kappa shape index (κ3) is 2.59. The van der Waals surface area contributed by atoms with Crippen molar-refractivity contribution < 1.29 is 24.3 Å². The molecule has 84 valence electrons. The monoisotopic (exact) mass is 215 g/mol. The van der Waals surface area contributed by atoms with E-state index in [1.165, 1.54) is 0 Å². The maximum Gasteiger partial charge on any atom is 0.533 e. The van der Waals surface area contributed by atoms with Gasteiger partial charge in [-0.3, -0.25) is 4.79 Å². The van der Waals surface area contributed by atoms with E-state index in [9.17, 15) is 14.7 Å². The molecule has 1 N–H and O–H groups in total. The van der Waals surface area contributed by atoms with Crippen LogP contribution >= 0.6 is 0 Å². The molecule has 1 atom stereocenters. The SMILES string of the molecule is O=C(OCC1CC1)ON1C(=O)CCC1O. The highest BCUT2D eigenvalue weighted by molar-refractivity contribution is 5.78. The molecule has 0 aromatic rings. The van der Waals surface area contributed by atoms with E-state index in [0.29, 0.717) is 17.6 Å². The van der Waals surface area contributed by atoms with Gasteiger partial charge in [0.25, 0.3) is 5.91 Å². The molecule has 2 aliphatic rings. The van der Waals surface area contributed by atoms with E-state index in [4.69, 9.17) is 4.74 Å². The van der Waals surface area contributed by atoms with Gasteiger partial charge in [-0.15, -0.1) is 5.06 Å². The maximum atomic E-state index is 11.1. The van der Waals surface area contributed by atoms with E-state index in [0.717, 1.165) is 12.8 Å². The van der Waals surface area contributed by atoms with Gasteiger partial charge in [0, 0.05) is 12.8 Å². The van der Waals surface area contributed by atoms with Crippen LogP contribution in [0.2, 0.25) is 0 Å². The molecule has 1 amide bonds. The highest BCUT2D eigenvalue weighted by atomic mass is 16.8. The summed E-state index contributed by atoms with van der Waals surface area (Å²) in [6.07, 6.45) is 0.658. The van der Waals surface area contributed by atoms with Crippen molar-refractivity contribution in [2.45, 2.75) is 31.9 Å². The zero-order valence-corrected chi connectivity index (χ0v) is 8.22. The molecule has 1 aliphatic heterocycles. The molecule has 2 fully saturated rings. The lowest BCUT2D eigenvalue weighted by Crippen LogP contribution is -2.35. The van der Waals surface area contributed by atoms with E-state index < -0.39 is 18.3 Å². The van der Waals surface area contributed by atoms with Crippen LogP contribution in [0.5, 0.6) is 0 Å². The minimum absolute atomic E-state index is 0.192. The second-order valence-corrected chi connectivity index (χ2v) is 3.83. The summed E-state index contributed by atoms with van der Waals surface area (Å²) in [5.74, 6) is 0.0441. The molecule has 0 aromatic heterocycles. The van der Waals surface area contributed by atoms with E-state index in [1.807, 2.05) is 0 Å². The number of nitrogens with zero attached hydrogens (tertiary/aromatic N) is 1. The average molecular weight is 215 g/mol. The number of hydroxylamine groups is 2. The van der Waals surface area contributed by atoms with Gasteiger partial charge in [0.15, 0.2) is 6.23 Å². The Morgan fingerprint density at radius 3 is 2.73 bits per heavy atom. The number of carbonyl (C=O) groups excluding carboxylic acids is 2. The number of hydrogen-bond acceptors (Lipinski definition) is 5. The second-order valence-electron chi connectivity index (χ2n) is 3.83. The Balaban J connectivity index is 1.74. The second kappa shape index (κ2) is 4.06. The molecule has 1 saturated carbocycles. The van der Waals surface area contributed by atoms with Crippen molar-refractivity contribution >= 4 is 12.1 Å². The van der Waals surface area contributed by atoms with Crippen LogP contribution in [-0.4, -0.2) is 35.1 Å². The Morgan fingerprint density at radius 2 is 2.20 bits per heavy atom. The van der Waals surface area contributed by atoms with Gasteiger partial charge in [0.1, 0.15) is 0 Å². The average Bonchev–Trinajstić information content (AvgIpc) is 2.98. The third-order valence-electron chi connectivity index (χ3n) is 2.44. The summed E-state index contributed by atoms with van der Waals surface area (Å²) in [5, 5.41) is 9.95. The zero-order chi connectivity index (χ0) is 10.8. The van der Waals surface area contributed by atoms with Crippen LogP contribution in [-0.2, 0) is 14.4 Å². The van der Waals surface area contributed by atoms with Gasteiger partial charge in [-0.2, -0.15) is 0 Å². The first-order valence-corrected chi connectivity index (χ1v) is 5.01. The summed E-state index contributed by atoms with van der Waals surface area (Å²) in [7, 11) is 0. The quantitative estimate of drug-likeness (QED) is 0.690. The van der Waals surface area contributed by atoms with Crippen molar-refractivity contribution in [3.05, 3.63) is 0 Å². The molecule has 1 aliphatic carbocycles. The van der Waals surface area contributed by atoms with Crippen LogP contribution in [0, 0.1) is 5.92 Å². The van der Waals surface area contributed by atoms with Crippen molar-refractivity contribution in [1.29, 1.82) is 0 Å². The molecule has 6 nitrogen and oxygen atoms in total. The van der Waals surface area contributed by atoms with E-state index in [-0.39, 0.29) is 12.8 Å². The van der Waals surface area contributed by atoms with E-state index >= 15 is 0 Å². The molecule has 2 rings (SSSR count). The van der Waals surface area contributed by atoms with E-state index in [1.54, 1.807) is 0 Å². The normalized spacial score (nSPS) is 25.5. The molecule has 0 spiro atoms. The van der Waals surface area contributed by atoms with Crippen molar-refractivity contribution in [2.24, 2.45) is 5.92 Å². The lowest BCUT2D eigenvalue weighted by Gasteiger charge is -2.17. The highest BCUT2D eigenvalue weighted by Crippen LogP contribution is 2.29. The summed E-state index contributed by atoms with van der Waals surface area (Å²) < 4.78 is 4.76. The standard InChI is InChI=1S/C9H13NO5/c11-7-3-4-8(12)10(7)15-9(13)14-5-6-1-2-6/h6-7,11H,1-5H2. The molecular formula is C9H13NO5. The Labute approximate surface area is 86.7 Å². The van der Waals surface area contributed by atoms with Crippen LogP contribution in [0.15, 0.2) is 0 Å². The molecule has 6 heteroatoms. The van der Waals surface area contributed by atoms with Crippen molar-refractivity contribution in [3.8, 4) is 0 Å². The number of hydrogen-bond donors (Lipinski definition) is 1. The van der Waals surface area contributed by atoms with Crippen LogP contribution < -0.4 is 0 Å². The zero-order valence-electron chi connectivity index (χ0n) is 8.22. The number of rotatable bonds is 3. The van der Waals surface area contributed by atoms with Crippen molar-refractivity contribution in [2.75, 3.05) is 6.61 Å². The lowest BCUT2D eigenvalue weighted by molar-refractivity contribution is -0.199. The van der Waals surface area contributed by atoms with Crippen LogP contribution in [0.1, 0.15) is 25.7 Å². The van der Waals surface area contributed by atoms with Gasteiger partial charge in [0.2, 0.25) is 0 Å². The molecule has 1 unspecified atom stereocenters. The summed E-state index contributed by atoms with van der Waals surface area (Å²) >= 11 is 0. The first kappa shape index (κ1) is 10.2. The van der Waals surface area contributed by atoms with Crippen LogP contribution in [0.4, 0.5) is 4.79 Å². The van der Waals surface area contributed by atoms with Gasteiger partial charge >= 0.3 is 6.16 Å². The predicted molar refractivity (Wildman–Crippen MR) is 47.2 cm³/mol. The first-order valence-electron chi connectivity index (χ1n) is 5.01. The van der Waals surface area contributed by atoms with E-state index in [2.05, 4.69) is 4.84 Å². The summed E-state index contributed by atoms with van der Waals surface area (Å²) in [5.41, 5.74) is 0. The molecule has 1 saturated heterocycles. The van der Waals surface area contributed by atoms with Crippen molar-refractivity contribution in [1.82, 2.24) is 5.06 Å². The fraction of sp³-hybridized carbons (Fsp3) is 0.778. The molecule has 1 heterocycles. The maximum absolute atomic E-state index is 11.1. The number of carbonyl (C=O) groups is 2. The molecule has 0 bridgehead atoms. The summed E-state index contributed by atoms with van der Waals surface area (Å²) in [6, 6.07) is 0. The van der Waals surface area contributed by atoms with Gasteiger partial charge in [-0.05, 0) is 18.8 Å². The smallest absolute Gasteiger partial charge is 0.432 e. The van der Waals surface area contributed by atoms with Gasteiger partial charge < -0.3 is 14.7 Å². The van der Waals surface area contributed by atoms with Crippen LogP contribution in [0.25, 0.3) is 0 Å². The summed E-state index contributed by atoms with van der Waals surface area (Å²) in [6.45, 7) is 0.330. The first-order chi connectivity index (χ1) is 7.16. The number of amides is 1. The minimum atomic E-state index is -1.04. The number of ether oxygens (including phenoxy) is 1. The van der Waals surface area contributed by atoms with Gasteiger partial charge in [0.05, 0.1) is 6.61 Å². The predicted octanol–water partition coefficient (Wildman–Crippen LogP) is 0.405. The largest absolute Gasteiger partial charge is 0.533 e. The number of aliphatic hydroxyl groups excluding tert-OH is 1. The highest BCUT2D eigenvalue weighted by Gasteiger charge is 2.34. The Hall–Kier alpha value is -1.30. The summed E-state index contributed by atoms with van der Waals surface area (Å²) in [4.78, 5) is 26.8.